The molecule has 0 aliphatic rings. The molecule has 0 unspecified atom stereocenters. The van der Waals surface area contributed by atoms with Crippen LogP contribution in [0.1, 0.15) is 28.4 Å². The predicted molar refractivity (Wildman–Crippen MR) is 52.6 cm³/mol. The average Bonchev–Trinajstić information content (AvgIpc) is 2.01. The molecule has 0 spiro atoms. The van der Waals surface area contributed by atoms with E-state index in [2.05, 4.69) is 0 Å². The molecule has 0 radical (unpaired) electrons. The Morgan fingerprint density at radius 1 is 1.36 bits per heavy atom. The van der Waals surface area contributed by atoms with E-state index in [-0.39, 0.29) is 0 Å². The lowest BCUT2D eigenvalue weighted by Gasteiger charge is -2.08. The van der Waals surface area contributed by atoms with E-state index in [1.54, 1.807) is 6.07 Å². The standard InChI is InChI=1S/C11H12O3/c1-7-4-8(2)10(6-12)11(5-7)14-9(3)13/h4-6H,1-3H3. The fourth-order valence-electron chi connectivity index (χ4n) is 1.33. The van der Waals surface area contributed by atoms with Gasteiger partial charge in [0.05, 0.1) is 5.56 Å². The molecule has 0 aliphatic heterocycles. The topological polar surface area (TPSA) is 43.4 Å². The number of aryl methyl sites for hydroxylation is 2. The van der Waals surface area contributed by atoms with Gasteiger partial charge < -0.3 is 4.74 Å². The van der Waals surface area contributed by atoms with Crippen LogP contribution in [-0.4, -0.2) is 12.3 Å². The van der Waals surface area contributed by atoms with E-state index in [9.17, 15) is 9.59 Å². The minimum atomic E-state index is -0.418. The van der Waals surface area contributed by atoms with E-state index in [0.29, 0.717) is 17.6 Å². The zero-order chi connectivity index (χ0) is 10.7. The molecule has 74 valence electrons. The Balaban J connectivity index is 3.24. The summed E-state index contributed by atoms with van der Waals surface area (Å²) in [5.74, 6) is -0.0805. The third kappa shape index (κ3) is 2.19. The molecule has 0 amide bonds. The van der Waals surface area contributed by atoms with Crippen molar-refractivity contribution in [2.75, 3.05) is 0 Å². The summed E-state index contributed by atoms with van der Waals surface area (Å²) < 4.78 is 4.93. The van der Waals surface area contributed by atoms with Crippen molar-refractivity contribution in [3.8, 4) is 5.75 Å². The van der Waals surface area contributed by atoms with Crippen LogP contribution in [0, 0.1) is 13.8 Å². The maximum Gasteiger partial charge on any atom is 0.308 e. The Bertz CT molecular complexity index is 380. The van der Waals surface area contributed by atoms with Gasteiger partial charge in [0.25, 0.3) is 0 Å². The number of esters is 1. The summed E-state index contributed by atoms with van der Waals surface area (Å²) in [5.41, 5.74) is 2.21. The van der Waals surface area contributed by atoms with Gasteiger partial charge in [0.15, 0.2) is 6.29 Å². The zero-order valence-corrected chi connectivity index (χ0v) is 8.46. The summed E-state index contributed by atoms with van der Waals surface area (Å²) in [4.78, 5) is 21.5. The second-order valence-corrected chi connectivity index (χ2v) is 3.21. The molecule has 0 N–H and O–H groups in total. The van der Waals surface area contributed by atoms with Crippen LogP contribution in [0.5, 0.6) is 5.75 Å². The van der Waals surface area contributed by atoms with Gasteiger partial charge in [-0.15, -0.1) is 0 Å². The molecule has 3 nitrogen and oxygen atoms in total. The van der Waals surface area contributed by atoms with E-state index in [4.69, 9.17) is 4.74 Å². The highest BCUT2D eigenvalue weighted by Gasteiger charge is 2.08. The largest absolute Gasteiger partial charge is 0.426 e. The molecule has 0 atom stereocenters. The van der Waals surface area contributed by atoms with Crippen LogP contribution < -0.4 is 4.74 Å². The van der Waals surface area contributed by atoms with Crippen molar-refractivity contribution in [1.29, 1.82) is 0 Å². The molecule has 1 rings (SSSR count). The number of ether oxygens (including phenoxy) is 1. The Morgan fingerprint density at radius 3 is 2.50 bits per heavy atom. The van der Waals surface area contributed by atoms with Crippen LogP contribution in [0.25, 0.3) is 0 Å². The fourth-order valence-corrected chi connectivity index (χ4v) is 1.33. The molecular weight excluding hydrogens is 180 g/mol. The number of carbonyl (C=O) groups excluding carboxylic acids is 2. The highest BCUT2D eigenvalue weighted by atomic mass is 16.5. The molecule has 0 aromatic heterocycles. The summed E-state index contributed by atoms with van der Waals surface area (Å²) >= 11 is 0. The van der Waals surface area contributed by atoms with Gasteiger partial charge in [-0.1, -0.05) is 6.07 Å². The minimum absolute atomic E-state index is 0.338. The molecule has 0 bridgehead atoms. The van der Waals surface area contributed by atoms with Crippen molar-refractivity contribution in [2.24, 2.45) is 0 Å². The third-order valence-electron chi connectivity index (χ3n) is 1.86. The first-order valence-corrected chi connectivity index (χ1v) is 4.29. The summed E-state index contributed by atoms with van der Waals surface area (Å²) in [6.07, 6.45) is 0.701. The van der Waals surface area contributed by atoms with Gasteiger partial charge in [0, 0.05) is 6.92 Å². The van der Waals surface area contributed by atoms with Crippen molar-refractivity contribution in [3.05, 3.63) is 28.8 Å². The first kappa shape index (κ1) is 10.4. The number of hydrogen-bond acceptors (Lipinski definition) is 3. The van der Waals surface area contributed by atoms with Crippen molar-refractivity contribution in [2.45, 2.75) is 20.8 Å². The van der Waals surface area contributed by atoms with Crippen LogP contribution in [0.4, 0.5) is 0 Å². The molecule has 0 heterocycles. The SMILES string of the molecule is CC(=O)Oc1cc(C)cc(C)c1C=O. The Hall–Kier alpha value is -1.64. The second-order valence-electron chi connectivity index (χ2n) is 3.21. The third-order valence-corrected chi connectivity index (χ3v) is 1.86. The van der Waals surface area contributed by atoms with Crippen molar-refractivity contribution in [3.63, 3.8) is 0 Å². The molecule has 0 saturated heterocycles. The summed E-state index contributed by atoms with van der Waals surface area (Å²) in [7, 11) is 0. The molecule has 0 aliphatic carbocycles. The fraction of sp³-hybridized carbons (Fsp3) is 0.273. The van der Waals surface area contributed by atoms with E-state index >= 15 is 0 Å². The molecule has 0 saturated carbocycles. The average molecular weight is 192 g/mol. The van der Waals surface area contributed by atoms with E-state index in [1.807, 2.05) is 19.9 Å². The van der Waals surface area contributed by atoms with Gasteiger partial charge in [-0.3, -0.25) is 9.59 Å². The Labute approximate surface area is 82.7 Å². The van der Waals surface area contributed by atoms with Gasteiger partial charge in [-0.05, 0) is 31.0 Å². The van der Waals surface area contributed by atoms with Gasteiger partial charge in [-0.2, -0.15) is 0 Å². The van der Waals surface area contributed by atoms with Gasteiger partial charge >= 0.3 is 5.97 Å². The van der Waals surface area contributed by atoms with Crippen LogP contribution >= 0.6 is 0 Å². The molecular formula is C11H12O3. The normalized spacial score (nSPS) is 9.64. The van der Waals surface area contributed by atoms with Crippen molar-refractivity contribution in [1.82, 2.24) is 0 Å². The van der Waals surface area contributed by atoms with Gasteiger partial charge in [-0.25, -0.2) is 0 Å². The second kappa shape index (κ2) is 4.05. The molecule has 3 heteroatoms. The summed E-state index contributed by atoms with van der Waals surface area (Å²) in [5, 5.41) is 0. The highest BCUT2D eigenvalue weighted by molar-refractivity contribution is 5.84. The van der Waals surface area contributed by atoms with Crippen LogP contribution in [0.15, 0.2) is 12.1 Å². The lowest BCUT2D eigenvalue weighted by Crippen LogP contribution is -2.05. The maximum absolute atomic E-state index is 10.8. The smallest absolute Gasteiger partial charge is 0.308 e. The molecule has 14 heavy (non-hydrogen) atoms. The lowest BCUT2D eigenvalue weighted by atomic mass is 10.1. The van der Waals surface area contributed by atoms with Gasteiger partial charge in [0.1, 0.15) is 5.75 Å². The van der Waals surface area contributed by atoms with Crippen LogP contribution in [0.2, 0.25) is 0 Å². The number of carbonyl (C=O) groups is 2. The lowest BCUT2D eigenvalue weighted by molar-refractivity contribution is -0.131. The highest BCUT2D eigenvalue weighted by Crippen LogP contribution is 2.22. The number of benzene rings is 1. The van der Waals surface area contributed by atoms with Gasteiger partial charge in [0.2, 0.25) is 0 Å². The van der Waals surface area contributed by atoms with Crippen LogP contribution in [0.3, 0.4) is 0 Å². The Morgan fingerprint density at radius 2 is 2.00 bits per heavy atom. The maximum atomic E-state index is 10.8. The molecule has 1 aromatic rings. The van der Waals surface area contributed by atoms with E-state index in [0.717, 1.165) is 11.1 Å². The minimum Gasteiger partial charge on any atom is -0.426 e. The summed E-state index contributed by atoms with van der Waals surface area (Å²) in [6.45, 7) is 5.00. The first-order chi connectivity index (χ1) is 6.54. The van der Waals surface area contributed by atoms with E-state index in [1.165, 1.54) is 6.92 Å². The number of aldehydes is 1. The molecule has 0 fully saturated rings. The Kier molecular flexibility index (Phi) is 3.02. The first-order valence-electron chi connectivity index (χ1n) is 4.29. The van der Waals surface area contributed by atoms with Crippen molar-refractivity contribution < 1.29 is 14.3 Å². The quantitative estimate of drug-likeness (QED) is 0.409. The number of hydrogen-bond donors (Lipinski definition) is 0. The van der Waals surface area contributed by atoms with Crippen molar-refractivity contribution >= 4 is 12.3 Å². The van der Waals surface area contributed by atoms with E-state index < -0.39 is 5.97 Å². The predicted octanol–water partition coefficient (Wildman–Crippen LogP) is 2.04. The monoisotopic (exact) mass is 192 g/mol. The molecule has 1 aromatic carbocycles. The zero-order valence-electron chi connectivity index (χ0n) is 8.46. The van der Waals surface area contributed by atoms with Crippen LogP contribution in [-0.2, 0) is 4.79 Å². The number of rotatable bonds is 2. The summed E-state index contributed by atoms with van der Waals surface area (Å²) in [6, 6.07) is 3.55.